The smallest absolute Gasteiger partial charge is 0.261 e. The Labute approximate surface area is 106 Å². The van der Waals surface area contributed by atoms with Gasteiger partial charge in [-0.1, -0.05) is 19.1 Å². The third-order valence-corrected chi connectivity index (χ3v) is 2.58. The molecular weight excluding hydrogens is 240 g/mol. The van der Waals surface area contributed by atoms with E-state index in [-0.39, 0.29) is 18.4 Å². The van der Waals surface area contributed by atoms with Crippen molar-refractivity contribution >= 4 is 0 Å². The van der Waals surface area contributed by atoms with Gasteiger partial charge in [0.2, 0.25) is 0 Å². The first-order chi connectivity index (χ1) is 8.63. The summed E-state index contributed by atoms with van der Waals surface area (Å²) in [5, 5.41) is 12.4. The number of alkyl halides is 2. The van der Waals surface area contributed by atoms with Crippen LogP contribution in [-0.4, -0.2) is 31.3 Å². The highest BCUT2D eigenvalue weighted by atomic mass is 19.3. The standard InChI is InChI=1S/C13H19F2NO2/c1-2-12(10-3-5-11(17)6-4-10)16-7-8-18-9-13(14)15/h3-6,12-13,16-17H,2,7-9H2,1H3. The van der Waals surface area contributed by atoms with Gasteiger partial charge in [-0.05, 0) is 24.1 Å². The lowest BCUT2D eigenvalue weighted by molar-refractivity contribution is 0.0181. The number of phenolic OH excluding ortho intramolecular Hbond substituents is 1. The van der Waals surface area contributed by atoms with Crippen LogP contribution in [0.25, 0.3) is 0 Å². The van der Waals surface area contributed by atoms with Crippen molar-refractivity contribution in [2.45, 2.75) is 25.8 Å². The lowest BCUT2D eigenvalue weighted by Crippen LogP contribution is -2.25. The molecule has 0 saturated carbocycles. The fraction of sp³-hybridized carbons (Fsp3) is 0.538. The van der Waals surface area contributed by atoms with Crippen LogP contribution in [-0.2, 0) is 4.74 Å². The molecule has 0 heterocycles. The molecule has 0 bridgehead atoms. The first-order valence-corrected chi connectivity index (χ1v) is 6.01. The van der Waals surface area contributed by atoms with E-state index in [4.69, 9.17) is 4.74 Å². The van der Waals surface area contributed by atoms with E-state index < -0.39 is 13.0 Å². The Morgan fingerprint density at radius 3 is 2.50 bits per heavy atom. The fourth-order valence-corrected chi connectivity index (χ4v) is 1.68. The summed E-state index contributed by atoms with van der Waals surface area (Å²) in [5.41, 5.74) is 1.06. The van der Waals surface area contributed by atoms with Gasteiger partial charge in [-0.2, -0.15) is 0 Å². The van der Waals surface area contributed by atoms with E-state index in [1.165, 1.54) is 0 Å². The molecule has 1 aromatic rings. The van der Waals surface area contributed by atoms with Crippen molar-refractivity contribution in [1.82, 2.24) is 5.32 Å². The third-order valence-electron chi connectivity index (χ3n) is 2.58. The Morgan fingerprint density at radius 1 is 1.28 bits per heavy atom. The van der Waals surface area contributed by atoms with Crippen molar-refractivity contribution in [2.75, 3.05) is 19.8 Å². The second-order valence-electron chi connectivity index (χ2n) is 3.97. The zero-order chi connectivity index (χ0) is 13.4. The quantitative estimate of drug-likeness (QED) is 0.705. The molecule has 1 unspecified atom stereocenters. The summed E-state index contributed by atoms with van der Waals surface area (Å²) in [4.78, 5) is 0. The number of nitrogens with one attached hydrogen (secondary N) is 1. The molecular formula is C13H19F2NO2. The molecule has 1 atom stereocenters. The number of phenols is 1. The van der Waals surface area contributed by atoms with Crippen LogP contribution in [0.5, 0.6) is 5.75 Å². The van der Waals surface area contributed by atoms with Gasteiger partial charge in [0.05, 0.1) is 6.61 Å². The van der Waals surface area contributed by atoms with E-state index >= 15 is 0 Å². The highest BCUT2D eigenvalue weighted by molar-refractivity contribution is 5.27. The molecule has 1 aromatic carbocycles. The van der Waals surface area contributed by atoms with Crippen LogP contribution in [0, 0.1) is 0 Å². The number of hydrogen-bond donors (Lipinski definition) is 2. The van der Waals surface area contributed by atoms with Gasteiger partial charge in [0.25, 0.3) is 6.43 Å². The zero-order valence-electron chi connectivity index (χ0n) is 10.4. The second-order valence-corrected chi connectivity index (χ2v) is 3.97. The Morgan fingerprint density at radius 2 is 1.94 bits per heavy atom. The molecule has 0 radical (unpaired) electrons. The van der Waals surface area contributed by atoms with Crippen LogP contribution < -0.4 is 5.32 Å². The molecule has 0 amide bonds. The second kappa shape index (κ2) is 8.00. The van der Waals surface area contributed by atoms with Gasteiger partial charge in [0.15, 0.2) is 0 Å². The minimum atomic E-state index is -2.41. The minimum Gasteiger partial charge on any atom is -0.508 e. The highest BCUT2D eigenvalue weighted by Crippen LogP contribution is 2.19. The lowest BCUT2D eigenvalue weighted by atomic mass is 10.0. The Hall–Kier alpha value is -1.20. The first-order valence-electron chi connectivity index (χ1n) is 6.01. The van der Waals surface area contributed by atoms with E-state index in [0.717, 1.165) is 12.0 Å². The maximum absolute atomic E-state index is 11.8. The Bertz CT molecular complexity index is 330. The van der Waals surface area contributed by atoms with Crippen LogP contribution in [0.1, 0.15) is 24.9 Å². The normalized spacial score (nSPS) is 12.9. The summed E-state index contributed by atoms with van der Waals surface area (Å²) in [6.07, 6.45) is -1.54. The van der Waals surface area contributed by atoms with Gasteiger partial charge < -0.3 is 15.2 Å². The van der Waals surface area contributed by atoms with Gasteiger partial charge in [0.1, 0.15) is 12.4 Å². The highest BCUT2D eigenvalue weighted by Gasteiger charge is 2.08. The molecule has 1 rings (SSSR count). The maximum atomic E-state index is 11.8. The van der Waals surface area contributed by atoms with E-state index in [1.807, 2.05) is 19.1 Å². The maximum Gasteiger partial charge on any atom is 0.261 e. The molecule has 0 spiro atoms. The Balaban J connectivity index is 2.31. The molecule has 102 valence electrons. The van der Waals surface area contributed by atoms with E-state index in [9.17, 15) is 13.9 Å². The topological polar surface area (TPSA) is 41.5 Å². The molecule has 0 fully saturated rings. The summed E-state index contributed by atoms with van der Waals surface area (Å²) in [5.74, 6) is 0.230. The van der Waals surface area contributed by atoms with E-state index in [2.05, 4.69) is 5.32 Å². The summed E-state index contributed by atoms with van der Waals surface area (Å²) in [7, 11) is 0. The minimum absolute atomic E-state index is 0.140. The predicted octanol–water partition coefficient (Wildman–Crippen LogP) is 2.71. The summed E-state index contributed by atoms with van der Waals surface area (Å²) in [6.45, 7) is 2.30. The zero-order valence-corrected chi connectivity index (χ0v) is 10.4. The molecule has 0 aliphatic heterocycles. The lowest BCUT2D eigenvalue weighted by Gasteiger charge is -2.17. The van der Waals surface area contributed by atoms with E-state index in [0.29, 0.717) is 6.54 Å². The van der Waals surface area contributed by atoms with Gasteiger partial charge in [-0.15, -0.1) is 0 Å². The third kappa shape index (κ3) is 5.42. The molecule has 0 saturated heterocycles. The van der Waals surface area contributed by atoms with Crippen molar-refractivity contribution in [3.8, 4) is 5.75 Å². The van der Waals surface area contributed by atoms with Gasteiger partial charge >= 0.3 is 0 Å². The average Bonchev–Trinajstić information content (AvgIpc) is 2.35. The van der Waals surface area contributed by atoms with E-state index in [1.54, 1.807) is 12.1 Å². The van der Waals surface area contributed by atoms with Crippen LogP contribution in [0.4, 0.5) is 8.78 Å². The average molecular weight is 259 g/mol. The summed E-state index contributed by atoms with van der Waals surface area (Å²) in [6, 6.07) is 7.09. The molecule has 5 heteroatoms. The van der Waals surface area contributed by atoms with Gasteiger partial charge in [-0.25, -0.2) is 8.78 Å². The largest absolute Gasteiger partial charge is 0.508 e. The van der Waals surface area contributed by atoms with Gasteiger partial charge in [0, 0.05) is 12.6 Å². The summed E-state index contributed by atoms with van der Waals surface area (Å²) < 4.78 is 28.4. The van der Waals surface area contributed by atoms with Crippen molar-refractivity contribution in [3.05, 3.63) is 29.8 Å². The SMILES string of the molecule is CCC(NCCOCC(F)F)c1ccc(O)cc1. The molecule has 3 nitrogen and oxygen atoms in total. The van der Waals surface area contributed by atoms with Crippen molar-refractivity contribution in [2.24, 2.45) is 0 Å². The van der Waals surface area contributed by atoms with Crippen LogP contribution >= 0.6 is 0 Å². The van der Waals surface area contributed by atoms with Gasteiger partial charge in [-0.3, -0.25) is 0 Å². The molecule has 2 N–H and O–H groups in total. The van der Waals surface area contributed by atoms with Crippen molar-refractivity contribution < 1.29 is 18.6 Å². The number of benzene rings is 1. The van der Waals surface area contributed by atoms with Crippen molar-refractivity contribution in [3.63, 3.8) is 0 Å². The Kier molecular flexibility index (Phi) is 6.60. The number of halogens is 2. The van der Waals surface area contributed by atoms with Crippen LogP contribution in [0.2, 0.25) is 0 Å². The monoisotopic (exact) mass is 259 g/mol. The van der Waals surface area contributed by atoms with Crippen molar-refractivity contribution in [1.29, 1.82) is 0 Å². The predicted molar refractivity (Wildman–Crippen MR) is 66.0 cm³/mol. The number of rotatable bonds is 8. The first kappa shape index (κ1) is 14.9. The fourth-order valence-electron chi connectivity index (χ4n) is 1.68. The molecule has 0 aliphatic rings. The number of ether oxygens (including phenoxy) is 1. The van der Waals surface area contributed by atoms with Crippen LogP contribution in [0.15, 0.2) is 24.3 Å². The molecule has 0 aromatic heterocycles. The molecule has 0 aliphatic carbocycles. The molecule has 18 heavy (non-hydrogen) atoms. The van der Waals surface area contributed by atoms with Crippen LogP contribution in [0.3, 0.4) is 0 Å². The summed E-state index contributed by atoms with van der Waals surface area (Å²) >= 11 is 0. The number of hydrogen-bond acceptors (Lipinski definition) is 3. The number of aromatic hydroxyl groups is 1.